The van der Waals surface area contributed by atoms with Crippen LogP contribution in [0, 0.1) is 0 Å². The van der Waals surface area contributed by atoms with Gasteiger partial charge in [0.05, 0.1) is 18.7 Å². The van der Waals surface area contributed by atoms with Crippen molar-refractivity contribution in [1.29, 1.82) is 0 Å². The predicted molar refractivity (Wildman–Crippen MR) is 73.9 cm³/mol. The molecule has 0 aliphatic carbocycles. The zero-order valence-electron chi connectivity index (χ0n) is 11.4. The fourth-order valence-electron chi connectivity index (χ4n) is 1.75. The Balaban J connectivity index is 2.50. The second kappa shape index (κ2) is 7.76. The van der Waals surface area contributed by atoms with Crippen molar-refractivity contribution in [3.8, 4) is 5.75 Å². The van der Waals surface area contributed by atoms with Crippen LogP contribution >= 0.6 is 0 Å². The van der Waals surface area contributed by atoms with Gasteiger partial charge in [0, 0.05) is 7.11 Å². The van der Waals surface area contributed by atoms with E-state index in [1.807, 2.05) is 6.92 Å². The summed E-state index contributed by atoms with van der Waals surface area (Å²) in [5.74, 6) is 0.0184. The third-order valence-corrected chi connectivity index (χ3v) is 2.94. The number of nitrogens with two attached hydrogens (primary N) is 1. The number of phenolic OH excluding ortho intramolecular Hbond substituents is 1. The SMILES string of the molecule is CCC(COC)NC(=O)[C@@H](N)Cc1ccc(O)cc1. The number of methoxy groups -OCH3 is 1. The minimum Gasteiger partial charge on any atom is -0.508 e. The van der Waals surface area contributed by atoms with Crippen molar-refractivity contribution in [3.63, 3.8) is 0 Å². The van der Waals surface area contributed by atoms with Crippen LogP contribution in [0.3, 0.4) is 0 Å². The topological polar surface area (TPSA) is 84.6 Å². The minimum absolute atomic E-state index is 0.0108. The summed E-state index contributed by atoms with van der Waals surface area (Å²) in [6, 6.07) is 6.07. The van der Waals surface area contributed by atoms with E-state index < -0.39 is 6.04 Å². The lowest BCUT2D eigenvalue weighted by molar-refractivity contribution is -0.123. The molecule has 0 saturated heterocycles. The van der Waals surface area contributed by atoms with Crippen molar-refractivity contribution < 1.29 is 14.6 Å². The second-order valence-corrected chi connectivity index (χ2v) is 4.55. The molecule has 0 spiro atoms. The Hall–Kier alpha value is -1.59. The quantitative estimate of drug-likeness (QED) is 0.681. The first-order valence-corrected chi connectivity index (χ1v) is 6.39. The highest BCUT2D eigenvalue weighted by molar-refractivity contribution is 5.82. The van der Waals surface area contributed by atoms with Crippen LogP contribution in [-0.4, -0.2) is 36.8 Å². The lowest BCUT2D eigenvalue weighted by Crippen LogP contribution is -2.47. The number of benzene rings is 1. The molecule has 2 atom stereocenters. The first-order chi connectivity index (χ1) is 9.06. The molecule has 5 heteroatoms. The van der Waals surface area contributed by atoms with Gasteiger partial charge in [0.25, 0.3) is 0 Å². The Kier molecular flexibility index (Phi) is 6.32. The number of ether oxygens (including phenoxy) is 1. The van der Waals surface area contributed by atoms with E-state index in [0.29, 0.717) is 13.0 Å². The number of phenols is 1. The monoisotopic (exact) mass is 266 g/mol. The fourth-order valence-corrected chi connectivity index (χ4v) is 1.75. The number of amides is 1. The maximum atomic E-state index is 11.9. The first-order valence-electron chi connectivity index (χ1n) is 6.39. The summed E-state index contributed by atoms with van der Waals surface area (Å²) in [5.41, 5.74) is 6.79. The van der Waals surface area contributed by atoms with Gasteiger partial charge >= 0.3 is 0 Å². The molecule has 1 rings (SSSR count). The van der Waals surface area contributed by atoms with Gasteiger partial charge in [-0.2, -0.15) is 0 Å². The van der Waals surface area contributed by atoms with E-state index in [0.717, 1.165) is 12.0 Å². The average Bonchev–Trinajstić information content (AvgIpc) is 2.40. The fraction of sp³-hybridized carbons (Fsp3) is 0.500. The number of hydrogen-bond acceptors (Lipinski definition) is 4. The van der Waals surface area contributed by atoms with Gasteiger partial charge in [-0.1, -0.05) is 19.1 Å². The standard InChI is InChI=1S/C14H22N2O3/c1-3-11(9-19-2)16-14(18)13(15)8-10-4-6-12(17)7-5-10/h4-7,11,13,17H,3,8-9,15H2,1-2H3,(H,16,18)/t11?,13-/m0/s1. The largest absolute Gasteiger partial charge is 0.508 e. The average molecular weight is 266 g/mol. The van der Waals surface area contributed by atoms with Crippen LogP contribution < -0.4 is 11.1 Å². The highest BCUT2D eigenvalue weighted by Gasteiger charge is 2.17. The molecule has 1 aromatic carbocycles. The number of rotatable bonds is 7. The summed E-state index contributed by atoms with van der Waals surface area (Å²) in [4.78, 5) is 11.9. The van der Waals surface area contributed by atoms with Gasteiger partial charge in [-0.25, -0.2) is 0 Å². The summed E-state index contributed by atoms with van der Waals surface area (Å²) in [6.07, 6.45) is 1.24. The summed E-state index contributed by atoms with van der Waals surface area (Å²) in [5, 5.41) is 12.0. The van der Waals surface area contributed by atoms with Gasteiger partial charge in [-0.3, -0.25) is 4.79 Å². The zero-order valence-corrected chi connectivity index (χ0v) is 11.4. The minimum atomic E-state index is -0.601. The molecular weight excluding hydrogens is 244 g/mol. The predicted octanol–water partition coefficient (Wildman–Crippen LogP) is 0.803. The van der Waals surface area contributed by atoms with E-state index in [9.17, 15) is 9.90 Å². The lowest BCUT2D eigenvalue weighted by atomic mass is 10.1. The van der Waals surface area contributed by atoms with Gasteiger partial charge in [-0.05, 0) is 30.5 Å². The number of carbonyl (C=O) groups excluding carboxylic acids is 1. The van der Waals surface area contributed by atoms with Crippen molar-refractivity contribution in [3.05, 3.63) is 29.8 Å². The molecule has 1 aromatic rings. The molecule has 4 N–H and O–H groups in total. The van der Waals surface area contributed by atoms with Crippen LogP contribution in [0.1, 0.15) is 18.9 Å². The second-order valence-electron chi connectivity index (χ2n) is 4.55. The number of hydrogen-bond donors (Lipinski definition) is 3. The summed E-state index contributed by atoms with van der Waals surface area (Å²) in [6.45, 7) is 2.46. The Morgan fingerprint density at radius 1 is 1.42 bits per heavy atom. The molecule has 1 unspecified atom stereocenters. The van der Waals surface area contributed by atoms with Gasteiger partial charge in [0.2, 0.25) is 5.91 Å². The van der Waals surface area contributed by atoms with Gasteiger partial charge in [0.15, 0.2) is 0 Å². The van der Waals surface area contributed by atoms with Gasteiger partial charge in [0.1, 0.15) is 5.75 Å². The molecule has 0 radical (unpaired) electrons. The Bertz CT molecular complexity index is 392. The molecule has 0 bridgehead atoms. The molecule has 0 aliphatic heterocycles. The van der Waals surface area contributed by atoms with E-state index >= 15 is 0 Å². The summed E-state index contributed by atoms with van der Waals surface area (Å²) < 4.78 is 5.02. The van der Waals surface area contributed by atoms with Crippen molar-refractivity contribution >= 4 is 5.91 Å². The van der Waals surface area contributed by atoms with Crippen LogP contribution in [0.15, 0.2) is 24.3 Å². The molecule has 0 fully saturated rings. The maximum absolute atomic E-state index is 11.9. The van der Waals surface area contributed by atoms with Crippen LogP contribution in [0.25, 0.3) is 0 Å². The highest BCUT2D eigenvalue weighted by atomic mass is 16.5. The Labute approximate surface area is 113 Å². The van der Waals surface area contributed by atoms with Crippen LogP contribution in [-0.2, 0) is 16.0 Å². The zero-order chi connectivity index (χ0) is 14.3. The van der Waals surface area contributed by atoms with Crippen molar-refractivity contribution in [2.24, 2.45) is 5.73 Å². The van der Waals surface area contributed by atoms with E-state index in [1.165, 1.54) is 0 Å². The van der Waals surface area contributed by atoms with Crippen molar-refractivity contribution in [2.45, 2.75) is 31.8 Å². The number of nitrogens with one attached hydrogen (secondary N) is 1. The van der Waals surface area contributed by atoms with Crippen LogP contribution in [0.5, 0.6) is 5.75 Å². The number of carbonyl (C=O) groups is 1. The van der Waals surface area contributed by atoms with Gasteiger partial charge in [-0.15, -0.1) is 0 Å². The Morgan fingerprint density at radius 2 is 2.05 bits per heavy atom. The van der Waals surface area contributed by atoms with Crippen molar-refractivity contribution in [2.75, 3.05) is 13.7 Å². The van der Waals surface area contributed by atoms with E-state index in [1.54, 1.807) is 31.4 Å². The van der Waals surface area contributed by atoms with Crippen LogP contribution in [0.4, 0.5) is 0 Å². The maximum Gasteiger partial charge on any atom is 0.237 e. The molecule has 0 aliphatic rings. The smallest absolute Gasteiger partial charge is 0.237 e. The lowest BCUT2D eigenvalue weighted by Gasteiger charge is -2.19. The molecule has 0 heterocycles. The van der Waals surface area contributed by atoms with E-state index in [-0.39, 0.29) is 17.7 Å². The molecule has 0 saturated carbocycles. The Morgan fingerprint density at radius 3 is 2.58 bits per heavy atom. The molecular formula is C14H22N2O3. The first kappa shape index (κ1) is 15.5. The molecule has 0 aromatic heterocycles. The molecule has 1 amide bonds. The summed E-state index contributed by atoms with van der Waals surface area (Å²) >= 11 is 0. The molecule has 5 nitrogen and oxygen atoms in total. The summed E-state index contributed by atoms with van der Waals surface area (Å²) in [7, 11) is 1.60. The van der Waals surface area contributed by atoms with Gasteiger partial charge < -0.3 is 20.9 Å². The molecule has 19 heavy (non-hydrogen) atoms. The van der Waals surface area contributed by atoms with Crippen LogP contribution in [0.2, 0.25) is 0 Å². The van der Waals surface area contributed by atoms with Crippen molar-refractivity contribution in [1.82, 2.24) is 5.32 Å². The normalized spacial score (nSPS) is 13.8. The third kappa shape index (κ3) is 5.28. The van der Waals surface area contributed by atoms with E-state index in [4.69, 9.17) is 10.5 Å². The number of aromatic hydroxyl groups is 1. The van der Waals surface area contributed by atoms with E-state index in [2.05, 4.69) is 5.32 Å². The highest BCUT2D eigenvalue weighted by Crippen LogP contribution is 2.11. The molecule has 106 valence electrons. The third-order valence-electron chi connectivity index (χ3n) is 2.94.